The fourth-order valence-electron chi connectivity index (χ4n) is 0.289. The second-order valence-corrected chi connectivity index (χ2v) is 1.51. The third-order valence-corrected chi connectivity index (χ3v) is 0.770. The topological polar surface area (TPSA) is 24.7 Å². The molecular formula is C9H16N2. The lowest BCUT2D eigenvalue weighted by Gasteiger charge is -1.88. The van der Waals surface area contributed by atoms with Crippen LogP contribution in [0.25, 0.3) is 0 Å². The van der Waals surface area contributed by atoms with Gasteiger partial charge in [-0.25, -0.2) is 9.98 Å². The molecule has 62 valence electrons. The van der Waals surface area contributed by atoms with Gasteiger partial charge in [-0.3, -0.25) is 0 Å². The standard InChI is InChI=1S/C7H10N2.C2H6/c1-5-6(2)9-7(3)8-4;1-2/h5H,1-2,4H2,3H3;1-2H3. The Balaban J connectivity index is 0. The van der Waals surface area contributed by atoms with Crippen LogP contribution < -0.4 is 0 Å². The van der Waals surface area contributed by atoms with Gasteiger partial charge in [0.1, 0.15) is 5.84 Å². The maximum Gasteiger partial charge on any atom is 0.125 e. The van der Waals surface area contributed by atoms with E-state index in [1.54, 1.807) is 13.0 Å². The minimum absolute atomic E-state index is 0.611. The summed E-state index contributed by atoms with van der Waals surface area (Å²) in [5.41, 5.74) is 0.611. The molecule has 0 aliphatic carbocycles. The molecule has 0 aliphatic heterocycles. The monoisotopic (exact) mass is 152 g/mol. The van der Waals surface area contributed by atoms with Gasteiger partial charge < -0.3 is 0 Å². The lowest BCUT2D eigenvalue weighted by Crippen LogP contribution is -1.82. The summed E-state index contributed by atoms with van der Waals surface area (Å²) < 4.78 is 0. The van der Waals surface area contributed by atoms with E-state index >= 15 is 0 Å². The first-order chi connectivity index (χ1) is 5.20. The van der Waals surface area contributed by atoms with Crippen LogP contribution in [0, 0.1) is 0 Å². The molecule has 0 spiro atoms. The first kappa shape index (κ1) is 12.5. The summed E-state index contributed by atoms with van der Waals surface area (Å²) in [5.74, 6) is 0.611. The van der Waals surface area contributed by atoms with Crippen molar-refractivity contribution in [3.8, 4) is 0 Å². The van der Waals surface area contributed by atoms with Gasteiger partial charge in [0.15, 0.2) is 0 Å². The van der Waals surface area contributed by atoms with Crippen molar-refractivity contribution in [3.05, 3.63) is 24.9 Å². The van der Waals surface area contributed by atoms with Crippen molar-refractivity contribution in [3.63, 3.8) is 0 Å². The summed E-state index contributed by atoms with van der Waals surface area (Å²) in [6.45, 7) is 16.1. The second kappa shape index (κ2) is 8.82. The van der Waals surface area contributed by atoms with Crippen LogP contribution in [0.1, 0.15) is 20.8 Å². The average molecular weight is 152 g/mol. The zero-order valence-corrected chi connectivity index (χ0v) is 7.59. The maximum absolute atomic E-state index is 3.89. The van der Waals surface area contributed by atoms with E-state index in [0.29, 0.717) is 11.5 Å². The highest BCUT2D eigenvalue weighted by atomic mass is 14.9. The van der Waals surface area contributed by atoms with Gasteiger partial charge in [-0.2, -0.15) is 0 Å². The summed E-state index contributed by atoms with van der Waals surface area (Å²) in [7, 11) is 0. The average Bonchev–Trinajstić information content (AvgIpc) is 2.07. The summed E-state index contributed by atoms with van der Waals surface area (Å²) in [6.07, 6.45) is 1.56. The molecule has 0 saturated carbocycles. The van der Waals surface area contributed by atoms with Crippen molar-refractivity contribution >= 4 is 12.6 Å². The minimum atomic E-state index is 0.611. The van der Waals surface area contributed by atoms with E-state index in [1.165, 1.54) is 0 Å². The van der Waals surface area contributed by atoms with Crippen LogP contribution in [0.3, 0.4) is 0 Å². The number of hydrogen-bond donors (Lipinski definition) is 0. The fraction of sp³-hybridized carbons (Fsp3) is 0.333. The number of rotatable bonds is 2. The number of hydrogen-bond acceptors (Lipinski definition) is 1. The number of aliphatic imine (C=N–C) groups is 2. The van der Waals surface area contributed by atoms with Crippen molar-refractivity contribution in [2.45, 2.75) is 20.8 Å². The van der Waals surface area contributed by atoms with Crippen molar-refractivity contribution in [1.29, 1.82) is 0 Å². The van der Waals surface area contributed by atoms with Crippen molar-refractivity contribution < 1.29 is 0 Å². The largest absolute Gasteiger partial charge is 0.250 e. The number of amidine groups is 1. The Morgan fingerprint density at radius 1 is 1.36 bits per heavy atom. The minimum Gasteiger partial charge on any atom is -0.250 e. The molecule has 0 radical (unpaired) electrons. The van der Waals surface area contributed by atoms with Crippen molar-refractivity contribution in [2.24, 2.45) is 9.98 Å². The summed E-state index contributed by atoms with van der Waals surface area (Å²) >= 11 is 0. The first-order valence-corrected chi connectivity index (χ1v) is 3.54. The Bertz CT molecular complexity index is 166. The van der Waals surface area contributed by atoms with Crippen LogP contribution in [0.15, 0.2) is 34.9 Å². The molecular weight excluding hydrogens is 136 g/mol. The number of nitrogens with zero attached hydrogens (tertiary/aromatic N) is 2. The van der Waals surface area contributed by atoms with Gasteiger partial charge in [0.2, 0.25) is 0 Å². The van der Waals surface area contributed by atoms with Gasteiger partial charge in [0.25, 0.3) is 0 Å². The summed E-state index contributed by atoms with van der Waals surface area (Å²) in [6, 6.07) is 0. The molecule has 0 amide bonds. The third kappa shape index (κ3) is 8.82. The molecule has 0 atom stereocenters. The Kier molecular flexibility index (Phi) is 10.0. The third-order valence-electron chi connectivity index (χ3n) is 0.770. The van der Waals surface area contributed by atoms with E-state index in [1.807, 2.05) is 13.8 Å². The van der Waals surface area contributed by atoms with Crippen molar-refractivity contribution in [2.75, 3.05) is 0 Å². The Labute approximate surface area is 69.1 Å². The van der Waals surface area contributed by atoms with Gasteiger partial charge in [-0.05, 0) is 19.7 Å². The molecule has 11 heavy (non-hydrogen) atoms. The van der Waals surface area contributed by atoms with Crippen LogP contribution in [-0.2, 0) is 0 Å². The molecule has 0 unspecified atom stereocenters. The SMILES string of the molecule is C=CC(=C)N=C(C)N=C.CC. The number of allylic oxidation sites excluding steroid dienone is 1. The highest BCUT2D eigenvalue weighted by Gasteiger charge is 1.81. The highest BCUT2D eigenvalue weighted by molar-refractivity contribution is 5.84. The predicted molar refractivity (Wildman–Crippen MR) is 53.3 cm³/mol. The zero-order valence-electron chi connectivity index (χ0n) is 7.59. The van der Waals surface area contributed by atoms with Crippen LogP contribution in [0.5, 0.6) is 0 Å². The molecule has 2 nitrogen and oxygen atoms in total. The molecule has 0 bridgehead atoms. The first-order valence-electron chi connectivity index (χ1n) is 3.54. The quantitative estimate of drug-likeness (QED) is 0.330. The second-order valence-electron chi connectivity index (χ2n) is 1.51. The Hall–Kier alpha value is -1.18. The zero-order chi connectivity index (χ0) is 9.28. The van der Waals surface area contributed by atoms with E-state index in [0.717, 1.165) is 0 Å². The van der Waals surface area contributed by atoms with Gasteiger partial charge in [0, 0.05) is 0 Å². The maximum atomic E-state index is 3.89. The summed E-state index contributed by atoms with van der Waals surface area (Å²) in [4.78, 5) is 7.46. The van der Waals surface area contributed by atoms with E-state index in [9.17, 15) is 0 Å². The van der Waals surface area contributed by atoms with E-state index < -0.39 is 0 Å². The van der Waals surface area contributed by atoms with E-state index in [2.05, 4.69) is 29.9 Å². The lowest BCUT2D eigenvalue weighted by molar-refractivity contribution is 1.39. The molecule has 0 heterocycles. The Morgan fingerprint density at radius 3 is 2.09 bits per heavy atom. The molecule has 0 saturated heterocycles. The molecule has 0 aromatic heterocycles. The molecule has 0 fully saturated rings. The molecule has 0 aromatic carbocycles. The smallest absolute Gasteiger partial charge is 0.125 e. The van der Waals surface area contributed by atoms with Crippen LogP contribution >= 0.6 is 0 Å². The molecule has 0 rings (SSSR count). The normalized spacial score (nSPS) is 9.18. The van der Waals surface area contributed by atoms with Crippen molar-refractivity contribution in [1.82, 2.24) is 0 Å². The fourth-order valence-corrected chi connectivity index (χ4v) is 0.289. The molecule has 0 aromatic rings. The highest BCUT2D eigenvalue weighted by Crippen LogP contribution is 1.93. The van der Waals surface area contributed by atoms with Crippen LogP contribution in [0.4, 0.5) is 0 Å². The van der Waals surface area contributed by atoms with Crippen LogP contribution in [0.2, 0.25) is 0 Å². The predicted octanol–water partition coefficient (Wildman–Crippen LogP) is 2.83. The van der Waals surface area contributed by atoms with Gasteiger partial charge in [0.05, 0.1) is 5.70 Å². The lowest BCUT2D eigenvalue weighted by atomic mass is 10.5. The molecule has 0 N–H and O–H groups in total. The molecule has 2 heteroatoms. The Morgan fingerprint density at radius 2 is 1.82 bits per heavy atom. The van der Waals surface area contributed by atoms with Gasteiger partial charge in [-0.1, -0.05) is 27.0 Å². The van der Waals surface area contributed by atoms with Crippen LogP contribution in [-0.4, -0.2) is 12.6 Å². The van der Waals surface area contributed by atoms with E-state index in [4.69, 9.17) is 0 Å². The van der Waals surface area contributed by atoms with Gasteiger partial charge >= 0.3 is 0 Å². The summed E-state index contributed by atoms with van der Waals surface area (Å²) in [5, 5.41) is 0. The van der Waals surface area contributed by atoms with E-state index in [-0.39, 0.29) is 0 Å². The van der Waals surface area contributed by atoms with Gasteiger partial charge in [-0.15, -0.1) is 0 Å². The molecule has 0 aliphatic rings.